The molecule has 0 spiro atoms. The highest BCUT2D eigenvalue weighted by Gasteiger charge is 2.40. The van der Waals surface area contributed by atoms with E-state index in [1.165, 1.54) is 6.07 Å². The van der Waals surface area contributed by atoms with Gasteiger partial charge in [-0.05, 0) is 51.7 Å². The van der Waals surface area contributed by atoms with E-state index in [1.54, 1.807) is 25.1 Å². The Labute approximate surface area is 220 Å². The molecule has 1 aliphatic heterocycles. The van der Waals surface area contributed by atoms with Crippen LogP contribution in [0.25, 0.3) is 0 Å². The van der Waals surface area contributed by atoms with Gasteiger partial charge in [0.1, 0.15) is 5.82 Å². The van der Waals surface area contributed by atoms with Gasteiger partial charge in [-0.1, -0.05) is 24.3 Å². The number of hydrogen-bond donors (Lipinski definition) is 1. The van der Waals surface area contributed by atoms with Crippen LogP contribution in [0.1, 0.15) is 51.6 Å². The van der Waals surface area contributed by atoms with Crippen LogP contribution in [0.5, 0.6) is 0 Å². The molecule has 1 aromatic carbocycles. The molecule has 1 aliphatic carbocycles. The van der Waals surface area contributed by atoms with Crippen molar-refractivity contribution in [3.63, 3.8) is 0 Å². The number of Topliss-reactive ketones (excluding diaryl/α,β-unsaturated/α-hetero) is 1. The SMILES string of the molecule is CCOC(=O)CN(C/C=C1\CN(C(C(=O)C2CC2)c2ccccc2F)CCC1S)C(C)C.Cl.Cl. The van der Waals surface area contributed by atoms with Crippen LogP contribution < -0.4 is 0 Å². The first kappa shape index (κ1) is 30.9. The Balaban J connectivity index is 0.00000289. The normalized spacial score (nSPS) is 20.6. The van der Waals surface area contributed by atoms with Crippen LogP contribution >= 0.6 is 37.4 Å². The molecule has 2 fully saturated rings. The number of carbonyl (C=O) groups excluding carboxylic acids is 2. The molecule has 0 aromatic heterocycles. The Morgan fingerprint density at radius 2 is 1.91 bits per heavy atom. The Hall–Kier alpha value is -1.12. The summed E-state index contributed by atoms with van der Waals surface area (Å²) in [5.74, 6) is -0.396. The molecule has 0 bridgehead atoms. The van der Waals surface area contributed by atoms with Crippen LogP contribution in [0.2, 0.25) is 0 Å². The van der Waals surface area contributed by atoms with Crippen molar-refractivity contribution >= 4 is 49.2 Å². The predicted octanol–water partition coefficient (Wildman–Crippen LogP) is 4.89. The van der Waals surface area contributed by atoms with Gasteiger partial charge in [-0.2, -0.15) is 12.6 Å². The van der Waals surface area contributed by atoms with Crippen molar-refractivity contribution < 1.29 is 18.7 Å². The lowest BCUT2D eigenvalue weighted by atomic mass is 9.93. The molecular weight excluding hydrogens is 498 g/mol. The van der Waals surface area contributed by atoms with Gasteiger partial charge in [0.2, 0.25) is 0 Å². The summed E-state index contributed by atoms with van der Waals surface area (Å²) >= 11 is 4.77. The zero-order valence-corrected chi connectivity index (χ0v) is 22.6. The summed E-state index contributed by atoms with van der Waals surface area (Å²) in [5, 5.41) is 0.0835. The van der Waals surface area contributed by atoms with E-state index in [4.69, 9.17) is 17.4 Å². The number of ether oxygens (including phenoxy) is 1. The monoisotopic (exact) mass is 534 g/mol. The van der Waals surface area contributed by atoms with Crippen molar-refractivity contribution in [2.75, 3.05) is 32.8 Å². The van der Waals surface area contributed by atoms with E-state index in [2.05, 4.69) is 11.0 Å². The number of halogens is 3. The minimum atomic E-state index is -0.561. The lowest BCUT2D eigenvalue weighted by molar-refractivity contribution is -0.144. The molecule has 9 heteroatoms. The van der Waals surface area contributed by atoms with Crippen LogP contribution in [0, 0.1) is 11.7 Å². The maximum absolute atomic E-state index is 14.7. The summed E-state index contributed by atoms with van der Waals surface area (Å²) in [6.45, 7) is 8.35. The fourth-order valence-electron chi connectivity index (χ4n) is 4.20. The first-order valence-electron chi connectivity index (χ1n) is 11.6. The van der Waals surface area contributed by atoms with Crippen LogP contribution in [0.15, 0.2) is 35.9 Å². The highest BCUT2D eigenvalue weighted by molar-refractivity contribution is 7.81. The number of hydrogen-bond acceptors (Lipinski definition) is 6. The van der Waals surface area contributed by atoms with Gasteiger partial charge in [0.05, 0.1) is 19.2 Å². The number of benzene rings is 1. The second kappa shape index (κ2) is 14.4. The molecule has 0 radical (unpaired) electrons. The number of rotatable bonds is 10. The van der Waals surface area contributed by atoms with Gasteiger partial charge in [0, 0.05) is 42.4 Å². The summed E-state index contributed by atoms with van der Waals surface area (Å²) in [5.41, 5.74) is 1.58. The molecule has 1 aromatic rings. The highest BCUT2D eigenvalue weighted by Crippen LogP contribution is 2.39. The largest absolute Gasteiger partial charge is 0.465 e. The van der Waals surface area contributed by atoms with E-state index in [0.29, 0.717) is 31.8 Å². The molecule has 0 amide bonds. The number of likely N-dealkylation sites (tertiary alicyclic amines) is 1. The van der Waals surface area contributed by atoms with Gasteiger partial charge in [-0.3, -0.25) is 19.4 Å². The first-order chi connectivity index (χ1) is 15.3. The fourth-order valence-corrected chi connectivity index (χ4v) is 4.50. The fraction of sp³-hybridized carbons (Fsp3) is 0.600. The molecule has 3 rings (SSSR count). The molecule has 34 heavy (non-hydrogen) atoms. The van der Waals surface area contributed by atoms with E-state index in [0.717, 1.165) is 24.8 Å². The minimum absolute atomic E-state index is 0. The third kappa shape index (κ3) is 8.23. The molecule has 2 aliphatic rings. The van der Waals surface area contributed by atoms with E-state index < -0.39 is 6.04 Å². The average molecular weight is 536 g/mol. The lowest BCUT2D eigenvalue weighted by Gasteiger charge is -2.38. The van der Waals surface area contributed by atoms with Crippen LogP contribution in [-0.2, 0) is 14.3 Å². The highest BCUT2D eigenvalue weighted by atomic mass is 35.5. The smallest absolute Gasteiger partial charge is 0.320 e. The number of thiol groups is 1. The number of esters is 1. The van der Waals surface area contributed by atoms with E-state index >= 15 is 0 Å². The van der Waals surface area contributed by atoms with Crippen molar-refractivity contribution in [2.24, 2.45) is 5.92 Å². The Morgan fingerprint density at radius 3 is 2.50 bits per heavy atom. The van der Waals surface area contributed by atoms with Crippen LogP contribution in [0.4, 0.5) is 4.39 Å². The number of nitrogens with zero attached hydrogens (tertiary/aromatic N) is 2. The molecule has 5 nitrogen and oxygen atoms in total. The minimum Gasteiger partial charge on any atom is -0.465 e. The number of carbonyl (C=O) groups is 2. The van der Waals surface area contributed by atoms with Gasteiger partial charge in [-0.25, -0.2) is 4.39 Å². The van der Waals surface area contributed by atoms with Gasteiger partial charge in [0.25, 0.3) is 0 Å². The maximum atomic E-state index is 14.7. The van der Waals surface area contributed by atoms with Crippen molar-refractivity contribution in [1.82, 2.24) is 9.80 Å². The topological polar surface area (TPSA) is 49.9 Å². The Bertz CT molecular complexity index is 851. The van der Waals surface area contributed by atoms with Crippen LogP contribution in [-0.4, -0.2) is 65.6 Å². The second-order valence-electron chi connectivity index (χ2n) is 8.98. The molecular formula is C25H37Cl2FN2O3S. The van der Waals surface area contributed by atoms with Crippen molar-refractivity contribution in [1.29, 1.82) is 0 Å². The van der Waals surface area contributed by atoms with Crippen LogP contribution in [0.3, 0.4) is 0 Å². The molecule has 1 saturated carbocycles. The third-order valence-electron chi connectivity index (χ3n) is 6.27. The van der Waals surface area contributed by atoms with Crippen molar-refractivity contribution in [3.8, 4) is 0 Å². The average Bonchev–Trinajstić information content (AvgIpc) is 3.59. The quantitative estimate of drug-likeness (QED) is 0.263. The zero-order chi connectivity index (χ0) is 23.3. The number of ketones is 1. The maximum Gasteiger partial charge on any atom is 0.320 e. The van der Waals surface area contributed by atoms with E-state index in [9.17, 15) is 14.0 Å². The lowest BCUT2D eigenvalue weighted by Crippen LogP contribution is -2.43. The van der Waals surface area contributed by atoms with Gasteiger partial charge < -0.3 is 4.74 Å². The summed E-state index contributed by atoms with van der Waals surface area (Å²) in [4.78, 5) is 29.3. The molecule has 1 heterocycles. The molecule has 0 N–H and O–H groups in total. The standard InChI is InChI=1S/C25H35FN2O3S.2ClH/c1-4-31-23(29)16-27(17(2)3)13-11-19-15-28(14-12-22(19)32)24(25(30)18-9-10-18)20-7-5-6-8-21(20)26;;/h5-8,11,17-18,22,24,32H,4,9-10,12-16H2,1-3H3;2*1H/b19-11+;;. The third-order valence-corrected chi connectivity index (χ3v) is 6.86. The molecule has 2 atom stereocenters. The molecule has 1 saturated heterocycles. The predicted molar refractivity (Wildman–Crippen MR) is 142 cm³/mol. The number of piperidine rings is 1. The molecule has 2 unspecified atom stereocenters. The Morgan fingerprint density at radius 1 is 1.24 bits per heavy atom. The first-order valence-corrected chi connectivity index (χ1v) is 12.1. The van der Waals surface area contributed by atoms with Gasteiger partial charge in [-0.15, -0.1) is 24.8 Å². The Kier molecular flexibility index (Phi) is 13.1. The van der Waals surface area contributed by atoms with E-state index in [-0.39, 0.29) is 66.1 Å². The zero-order valence-electron chi connectivity index (χ0n) is 20.1. The second-order valence-corrected chi connectivity index (χ2v) is 9.61. The summed E-state index contributed by atoms with van der Waals surface area (Å²) in [6.07, 6.45) is 4.69. The van der Waals surface area contributed by atoms with Gasteiger partial charge in [0.15, 0.2) is 5.78 Å². The molecule has 192 valence electrons. The van der Waals surface area contributed by atoms with Crippen molar-refractivity contribution in [3.05, 3.63) is 47.3 Å². The summed E-state index contributed by atoms with van der Waals surface area (Å²) in [6, 6.07) is 6.23. The summed E-state index contributed by atoms with van der Waals surface area (Å²) < 4.78 is 19.8. The van der Waals surface area contributed by atoms with Crippen molar-refractivity contribution in [2.45, 2.75) is 57.4 Å². The summed E-state index contributed by atoms with van der Waals surface area (Å²) in [7, 11) is 0. The van der Waals surface area contributed by atoms with Gasteiger partial charge >= 0.3 is 5.97 Å². The van der Waals surface area contributed by atoms with E-state index in [1.807, 2.05) is 18.7 Å².